The van der Waals surface area contributed by atoms with E-state index in [1.165, 1.54) is 4.90 Å². The summed E-state index contributed by atoms with van der Waals surface area (Å²) in [4.78, 5) is 1.34. The Labute approximate surface area is 118 Å². The van der Waals surface area contributed by atoms with Crippen LogP contribution in [0.2, 0.25) is 10.0 Å². The fourth-order valence-electron chi connectivity index (χ4n) is 1.71. The molecule has 18 heavy (non-hydrogen) atoms. The lowest BCUT2D eigenvalue weighted by atomic mass is 10.3. The van der Waals surface area contributed by atoms with Crippen LogP contribution in [-0.2, 0) is 0 Å². The highest BCUT2D eigenvalue weighted by molar-refractivity contribution is 6.35. The number of likely N-dealkylation sites (N-methyl/N-ethyl adjacent to an activating group) is 1. The summed E-state index contributed by atoms with van der Waals surface area (Å²) in [6.45, 7) is 7.11. The van der Waals surface area contributed by atoms with Crippen molar-refractivity contribution < 1.29 is 14.7 Å². The molecule has 5 heteroatoms. The molecular formula is C13H20Cl2NO2+. The average Bonchev–Trinajstić information content (AvgIpc) is 2.35. The number of hydrogen-bond acceptors (Lipinski definition) is 2. The molecule has 0 aliphatic rings. The minimum absolute atomic E-state index is 0.241. The van der Waals surface area contributed by atoms with Gasteiger partial charge in [0.15, 0.2) is 0 Å². The van der Waals surface area contributed by atoms with Crippen LogP contribution in [0.5, 0.6) is 5.75 Å². The van der Waals surface area contributed by atoms with Gasteiger partial charge in [0.1, 0.15) is 25.0 Å². The highest BCUT2D eigenvalue weighted by Crippen LogP contribution is 2.27. The second kappa shape index (κ2) is 7.85. The summed E-state index contributed by atoms with van der Waals surface area (Å²) in [6.07, 6.45) is -0.494. The van der Waals surface area contributed by atoms with Crippen molar-refractivity contribution in [2.45, 2.75) is 20.0 Å². The van der Waals surface area contributed by atoms with Gasteiger partial charge in [-0.25, -0.2) is 0 Å². The third-order valence-corrected chi connectivity index (χ3v) is 3.38. The largest absolute Gasteiger partial charge is 0.489 e. The summed E-state index contributed by atoms with van der Waals surface area (Å²) in [5.74, 6) is 0.551. The van der Waals surface area contributed by atoms with Crippen molar-refractivity contribution in [3.05, 3.63) is 28.2 Å². The predicted molar refractivity (Wildman–Crippen MR) is 74.9 cm³/mol. The van der Waals surface area contributed by atoms with Gasteiger partial charge in [-0.05, 0) is 32.0 Å². The molecule has 102 valence electrons. The van der Waals surface area contributed by atoms with Crippen molar-refractivity contribution in [1.82, 2.24) is 0 Å². The van der Waals surface area contributed by atoms with Crippen molar-refractivity contribution in [3.63, 3.8) is 0 Å². The Hall–Kier alpha value is -0.480. The molecule has 1 aromatic rings. The molecule has 0 aromatic heterocycles. The smallest absolute Gasteiger partial charge is 0.138 e. The number of aliphatic hydroxyl groups excluding tert-OH is 1. The first-order valence-electron chi connectivity index (χ1n) is 6.16. The van der Waals surface area contributed by atoms with Gasteiger partial charge in [0.2, 0.25) is 0 Å². The van der Waals surface area contributed by atoms with Gasteiger partial charge in [0.25, 0.3) is 0 Å². The van der Waals surface area contributed by atoms with E-state index in [0.717, 1.165) is 13.1 Å². The monoisotopic (exact) mass is 292 g/mol. The first-order chi connectivity index (χ1) is 8.56. The molecule has 0 fully saturated rings. The fraction of sp³-hybridized carbons (Fsp3) is 0.538. The second-order valence-electron chi connectivity index (χ2n) is 4.20. The van der Waals surface area contributed by atoms with Crippen LogP contribution in [-0.4, -0.2) is 37.5 Å². The van der Waals surface area contributed by atoms with E-state index in [1.54, 1.807) is 18.2 Å². The lowest BCUT2D eigenvalue weighted by molar-refractivity contribution is -0.899. The van der Waals surface area contributed by atoms with Gasteiger partial charge in [-0.2, -0.15) is 0 Å². The molecule has 0 spiro atoms. The van der Waals surface area contributed by atoms with Crippen LogP contribution < -0.4 is 9.64 Å². The van der Waals surface area contributed by atoms with Gasteiger partial charge in [0, 0.05) is 5.02 Å². The summed E-state index contributed by atoms with van der Waals surface area (Å²) in [5, 5.41) is 10.9. The van der Waals surface area contributed by atoms with E-state index in [1.807, 2.05) is 0 Å². The number of quaternary nitrogens is 1. The minimum Gasteiger partial charge on any atom is -0.489 e. The van der Waals surface area contributed by atoms with E-state index in [-0.39, 0.29) is 6.61 Å². The van der Waals surface area contributed by atoms with Gasteiger partial charge in [-0.1, -0.05) is 23.2 Å². The number of benzene rings is 1. The van der Waals surface area contributed by atoms with Crippen LogP contribution in [0.4, 0.5) is 0 Å². The highest BCUT2D eigenvalue weighted by atomic mass is 35.5. The van der Waals surface area contributed by atoms with Crippen LogP contribution in [0, 0.1) is 0 Å². The zero-order valence-electron chi connectivity index (χ0n) is 10.7. The molecule has 0 aliphatic carbocycles. The number of aliphatic hydroxyl groups is 1. The summed E-state index contributed by atoms with van der Waals surface area (Å²) in [5.41, 5.74) is 0. The maximum absolute atomic E-state index is 9.87. The van der Waals surface area contributed by atoms with E-state index < -0.39 is 6.10 Å². The standard InChI is InChI=1S/C13H19Cl2NO2/c1-3-16(4-2)8-11(17)9-18-13-6-5-10(14)7-12(13)15/h5-7,11,17H,3-4,8-9H2,1-2H3/p+1/t11-/m1/s1. The summed E-state index contributed by atoms with van der Waals surface area (Å²) in [7, 11) is 0. The van der Waals surface area contributed by atoms with E-state index in [9.17, 15) is 5.11 Å². The Balaban J connectivity index is 2.44. The molecule has 0 amide bonds. The summed E-state index contributed by atoms with van der Waals surface area (Å²) < 4.78 is 5.49. The normalized spacial score (nSPS) is 12.8. The molecule has 0 saturated heterocycles. The number of rotatable bonds is 7. The fourth-order valence-corrected chi connectivity index (χ4v) is 2.17. The van der Waals surface area contributed by atoms with Crippen molar-refractivity contribution >= 4 is 23.2 Å². The van der Waals surface area contributed by atoms with Gasteiger partial charge in [-0.15, -0.1) is 0 Å². The summed E-state index contributed by atoms with van der Waals surface area (Å²) >= 11 is 11.8. The molecule has 0 saturated carbocycles. The third-order valence-electron chi connectivity index (χ3n) is 2.85. The molecule has 0 aliphatic heterocycles. The lowest BCUT2D eigenvalue weighted by Gasteiger charge is -2.19. The molecule has 0 heterocycles. The first-order valence-corrected chi connectivity index (χ1v) is 6.91. The zero-order valence-corrected chi connectivity index (χ0v) is 12.3. The molecule has 3 nitrogen and oxygen atoms in total. The van der Waals surface area contributed by atoms with E-state index >= 15 is 0 Å². The third kappa shape index (κ3) is 5.02. The quantitative estimate of drug-likeness (QED) is 0.801. The van der Waals surface area contributed by atoms with Crippen LogP contribution >= 0.6 is 23.2 Å². The lowest BCUT2D eigenvalue weighted by Crippen LogP contribution is -3.12. The Kier molecular flexibility index (Phi) is 6.79. The number of hydrogen-bond donors (Lipinski definition) is 2. The van der Waals surface area contributed by atoms with E-state index in [0.29, 0.717) is 22.3 Å². The Morgan fingerprint density at radius 3 is 2.50 bits per heavy atom. The average molecular weight is 293 g/mol. The Morgan fingerprint density at radius 1 is 1.28 bits per heavy atom. The maximum atomic E-state index is 9.87. The minimum atomic E-state index is -0.494. The van der Waals surface area contributed by atoms with Crippen LogP contribution in [0.15, 0.2) is 18.2 Å². The first kappa shape index (κ1) is 15.6. The van der Waals surface area contributed by atoms with Crippen molar-refractivity contribution in [2.75, 3.05) is 26.2 Å². The zero-order chi connectivity index (χ0) is 13.5. The molecule has 1 rings (SSSR count). The van der Waals surface area contributed by atoms with Crippen LogP contribution in [0.25, 0.3) is 0 Å². The summed E-state index contributed by atoms with van der Waals surface area (Å²) in [6, 6.07) is 5.05. The van der Waals surface area contributed by atoms with Gasteiger partial charge < -0.3 is 14.7 Å². The maximum Gasteiger partial charge on any atom is 0.138 e. The second-order valence-corrected chi connectivity index (χ2v) is 5.04. The molecule has 2 N–H and O–H groups in total. The molecular weight excluding hydrogens is 273 g/mol. The SMILES string of the molecule is CC[NH+](CC)C[C@@H](O)COc1ccc(Cl)cc1Cl. The van der Waals surface area contributed by atoms with E-state index in [2.05, 4.69) is 13.8 Å². The number of ether oxygens (including phenoxy) is 1. The Morgan fingerprint density at radius 2 is 1.94 bits per heavy atom. The van der Waals surface area contributed by atoms with Crippen LogP contribution in [0.3, 0.4) is 0 Å². The number of nitrogens with one attached hydrogen (secondary N) is 1. The van der Waals surface area contributed by atoms with Crippen molar-refractivity contribution in [2.24, 2.45) is 0 Å². The number of halogens is 2. The van der Waals surface area contributed by atoms with Gasteiger partial charge in [-0.3, -0.25) is 0 Å². The van der Waals surface area contributed by atoms with E-state index in [4.69, 9.17) is 27.9 Å². The predicted octanol–water partition coefficient (Wildman–Crippen LogP) is 1.66. The molecule has 0 radical (unpaired) electrons. The molecule has 1 aromatic carbocycles. The highest BCUT2D eigenvalue weighted by Gasteiger charge is 2.13. The van der Waals surface area contributed by atoms with Crippen molar-refractivity contribution in [1.29, 1.82) is 0 Å². The van der Waals surface area contributed by atoms with Crippen LogP contribution in [0.1, 0.15) is 13.8 Å². The molecule has 0 bridgehead atoms. The Bertz CT molecular complexity index is 370. The van der Waals surface area contributed by atoms with Crippen molar-refractivity contribution in [3.8, 4) is 5.75 Å². The van der Waals surface area contributed by atoms with Gasteiger partial charge in [0.05, 0.1) is 18.1 Å². The van der Waals surface area contributed by atoms with Gasteiger partial charge >= 0.3 is 0 Å². The molecule has 0 unspecified atom stereocenters. The molecule has 1 atom stereocenters. The topological polar surface area (TPSA) is 33.9 Å².